The van der Waals surface area contributed by atoms with Gasteiger partial charge >= 0.3 is 0 Å². The van der Waals surface area contributed by atoms with Crippen molar-refractivity contribution in [2.24, 2.45) is 0 Å². The summed E-state index contributed by atoms with van der Waals surface area (Å²) >= 11 is 0. The zero-order valence-electron chi connectivity index (χ0n) is 9.18. The molecule has 0 bridgehead atoms. The molecule has 1 aromatic heterocycles. The lowest BCUT2D eigenvalue weighted by atomic mass is 10.3. The highest BCUT2D eigenvalue weighted by Crippen LogP contribution is 1.87. The molecule has 0 atom stereocenters. The van der Waals surface area contributed by atoms with Crippen molar-refractivity contribution >= 4 is 0 Å². The molecule has 3 N–H and O–H groups in total. The molecule has 0 aliphatic heterocycles. The third-order valence-electron chi connectivity index (χ3n) is 2.05. The van der Waals surface area contributed by atoms with Crippen molar-refractivity contribution in [3.05, 3.63) is 34.2 Å². The molecule has 0 fully saturated rings. The average Bonchev–Trinajstić information content (AvgIpc) is 2.23. The SMILES string of the molecule is CCCNCCNCc1cccc(=O)[nH]1. The van der Waals surface area contributed by atoms with Crippen LogP contribution in [0, 0.1) is 0 Å². The van der Waals surface area contributed by atoms with Gasteiger partial charge in [-0.25, -0.2) is 0 Å². The van der Waals surface area contributed by atoms with Crippen molar-refractivity contribution in [1.29, 1.82) is 0 Å². The standard InChI is InChI=1S/C11H19N3O/c1-2-6-12-7-8-13-9-10-4-3-5-11(15)14-10/h3-5,12-13H,2,6-9H2,1H3,(H,14,15). The fourth-order valence-electron chi connectivity index (χ4n) is 1.30. The Kier molecular flexibility index (Phi) is 5.73. The number of H-pyrrole nitrogens is 1. The Balaban J connectivity index is 2.12. The van der Waals surface area contributed by atoms with Gasteiger partial charge in [0.1, 0.15) is 0 Å². The first-order valence-electron chi connectivity index (χ1n) is 5.42. The van der Waals surface area contributed by atoms with E-state index in [1.807, 2.05) is 6.07 Å². The number of hydrogen-bond acceptors (Lipinski definition) is 3. The lowest BCUT2D eigenvalue weighted by Crippen LogP contribution is -2.28. The number of aromatic nitrogens is 1. The van der Waals surface area contributed by atoms with E-state index in [-0.39, 0.29) is 5.56 Å². The van der Waals surface area contributed by atoms with Crippen LogP contribution in [-0.2, 0) is 6.54 Å². The molecule has 84 valence electrons. The molecule has 15 heavy (non-hydrogen) atoms. The maximum absolute atomic E-state index is 11.0. The monoisotopic (exact) mass is 209 g/mol. The van der Waals surface area contributed by atoms with Crippen molar-refractivity contribution in [3.8, 4) is 0 Å². The molecule has 0 amide bonds. The second kappa shape index (κ2) is 7.20. The largest absolute Gasteiger partial charge is 0.325 e. The number of rotatable bonds is 7. The number of hydrogen-bond donors (Lipinski definition) is 3. The van der Waals surface area contributed by atoms with E-state index in [0.29, 0.717) is 6.54 Å². The van der Waals surface area contributed by atoms with Crippen LogP contribution in [0.15, 0.2) is 23.0 Å². The first-order valence-corrected chi connectivity index (χ1v) is 5.42. The third kappa shape index (κ3) is 5.34. The second-order valence-electron chi connectivity index (χ2n) is 3.47. The van der Waals surface area contributed by atoms with Gasteiger partial charge in [-0.2, -0.15) is 0 Å². The predicted octanol–water partition coefficient (Wildman–Crippen LogP) is 0.464. The van der Waals surface area contributed by atoms with Crippen LogP contribution in [0.4, 0.5) is 0 Å². The molecule has 4 nitrogen and oxygen atoms in total. The van der Waals surface area contributed by atoms with Crippen molar-refractivity contribution in [2.75, 3.05) is 19.6 Å². The topological polar surface area (TPSA) is 56.9 Å². The summed E-state index contributed by atoms with van der Waals surface area (Å²) in [5, 5.41) is 6.55. The molecule has 4 heteroatoms. The molecule has 1 rings (SSSR count). The molecule has 0 aliphatic rings. The van der Waals surface area contributed by atoms with Gasteiger partial charge in [-0.1, -0.05) is 13.0 Å². The van der Waals surface area contributed by atoms with Crippen LogP contribution in [0.3, 0.4) is 0 Å². The smallest absolute Gasteiger partial charge is 0.248 e. The van der Waals surface area contributed by atoms with E-state index >= 15 is 0 Å². The van der Waals surface area contributed by atoms with Gasteiger partial charge in [0.25, 0.3) is 0 Å². The predicted molar refractivity (Wildman–Crippen MR) is 61.9 cm³/mol. The Labute approximate surface area is 90.1 Å². The highest BCUT2D eigenvalue weighted by molar-refractivity contribution is 5.03. The number of nitrogens with one attached hydrogen (secondary N) is 3. The second-order valence-corrected chi connectivity index (χ2v) is 3.47. The van der Waals surface area contributed by atoms with Crippen LogP contribution in [0.5, 0.6) is 0 Å². The molecule has 0 radical (unpaired) electrons. The summed E-state index contributed by atoms with van der Waals surface area (Å²) in [5.74, 6) is 0. The van der Waals surface area contributed by atoms with Crippen molar-refractivity contribution in [2.45, 2.75) is 19.9 Å². The zero-order chi connectivity index (χ0) is 10.9. The fraction of sp³-hybridized carbons (Fsp3) is 0.545. The average molecular weight is 209 g/mol. The van der Waals surface area contributed by atoms with Gasteiger partial charge in [0, 0.05) is 31.4 Å². The van der Waals surface area contributed by atoms with Crippen molar-refractivity contribution in [3.63, 3.8) is 0 Å². The summed E-state index contributed by atoms with van der Waals surface area (Å²) in [6.07, 6.45) is 1.16. The molecule has 1 aromatic rings. The fourth-order valence-corrected chi connectivity index (χ4v) is 1.30. The van der Waals surface area contributed by atoms with Crippen LogP contribution >= 0.6 is 0 Å². The van der Waals surface area contributed by atoms with Gasteiger partial charge in [0.05, 0.1) is 0 Å². The maximum Gasteiger partial charge on any atom is 0.248 e. The van der Waals surface area contributed by atoms with Gasteiger partial charge in [0.15, 0.2) is 0 Å². The quantitative estimate of drug-likeness (QED) is 0.572. The summed E-state index contributed by atoms with van der Waals surface area (Å²) in [4.78, 5) is 13.7. The van der Waals surface area contributed by atoms with Crippen LogP contribution in [-0.4, -0.2) is 24.6 Å². The Morgan fingerprint density at radius 1 is 1.20 bits per heavy atom. The summed E-state index contributed by atoms with van der Waals surface area (Å²) in [6.45, 7) is 5.80. The first-order chi connectivity index (χ1) is 7.33. The van der Waals surface area contributed by atoms with Crippen LogP contribution < -0.4 is 16.2 Å². The summed E-state index contributed by atoms with van der Waals surface area (Å²) in [5.41, 5.74) is 0.886. The number of pyridine rings is 1. The number of aromatic amines is 1. The molecule has 0 aromatic carbocycles. The van der Waals surface area contributed by atoms with Crippen LogP contribution in [0.1, 0.15) is 19.0 Å². The van der Waals surface area contributed by atoms with E-state index in [9.17, 15) is 4.79 Å². The lowest BCUT2D eigenvalue weighted by molar-refractivity contribution is 0.602. The highest BCUT2D eigenvalue weighted by atomic mass is 16.1. The van der Waals surface area contributed by atoms with E-state index < -0.39 is 0 Å². The third-order valence-corrected chi connectivity index (χ3v) is 2.05. The Bertz CT molecular complexity index is 322. The minimum Gasteiger partial charge on any atom is -0.325 e. The Morgan fingerprint density at radius 3 is 2.73 bits per heavy atom. The van der Waals surface area contributed by atoms with E-state index in [2.05, 4.69) is 22.5 Å². The van der Waals surface area contributed by atoms with E-state index in [4.69, 9.17) is 0 Å². The summed E-state index contributed by atoms with van der Waals surface area (Å²) in [6, 6.07) is 5.20. The molecule has 0 saturated carbocycles. The van der Waals surface area contributed by atoms with E-state index in [0.717, 1.165) is 31.7 Å². The van der Waals surface area contributed by atoms with Crippen molar-refractivity contribution < 1.29 is 0 Å². The summed E-state index contributed by atoms with van der Waals surface area (Å²) < 4.78 is 0. The maximum atomic E-state index is 11.0. The van der Waals surface area contributed by atoms with Gasteiger partial charge in [-0.3, -0.25) is 4.79 Å². The Morgan fingerprint density at radius 2 is 2.00 bits per heavy atom. The van der Waals surface area contributed by atoms with Crippen LogP contribution in [0.2, 0.25) is 0 Å². The first kappa shape index (κ1) is 11.9. The molecule has 0 unspecified atom stereocenters. The molecular weight excluding hydrogens is 190 g/mol. The molecular formula is C11H19N3O. The summed E-state index contributed by atoms with van der Waals surface area (Å²) in [7, 11) is 0. The normalized spacial score (nSPS) is 10.5. The molecule has 0 aliphatic carbocycles. The van der Waals surface area contributed by atoms with Gasteiger partial charge < -0.3 is 15.6 Å². The van der Waals surface area contributed by atoms with Crippen LogP contribution in [0.25, 0.3) is 0 Å². The minimum absolute atomic E-state index is 0.0431. The Hall–Kier alpha value is -1.13. The van der Waals surface area contributed by atoms with Gasteiger partial charge in [0.2, 0.25) is 5.56 Å². The highest BCUT2D eigenvalue weighted by Gasteiger charge is 1.92. The van der Waals surface area contributed by atoms with Gasteiger partial charge in [-0.05, 0) is 19.0 Å². The molecule has 1 heterocycles. The lowest BCUT2D eigenvalue weighted by Gasteiger charge is -2.05. The minimum atomic E-state index is -0.0431. The van der Waals surface area contributed by atoms with E-state index in [1.165, 1.54) is 6.07 Å². The van der Waals surface area contributed by atoms with Crippen molar-refractivity contribution in [1.82, 2.24) is 15.6 Å². The zero-order valence-corrected chi connectivity index (χ0v) is 9.18. The van der Waals surface area contributed by atoms with E-state index in [1.54, 1.807) is 6.07 Å². The molecule has 0 saturated heterocycles. The van der Waals surface area contributed by atoms with Gasteiger partial charge in [-0.15, -0.1) is 0 Å². The molecule has 0 spiro atoms.